The molecule has 0 saturated carbocycles. The van der Waals surface area contributed by atoms with E-state index in [9.17, 15) is 9.59 Å². The van der Waals surface area contributed by atoms with Crippen LogP contribution in [0, 0.1) is 0 Å². The predicted octanol–water partition coefficient (Wildman–Crippen LogP) is -1.14. The molecule has 0 bridgehead atoms. The van der Waals surface area contributed by atoms with Crippen LogP contribution >= 0.6 is 0 Å². The van der Waals surface area contributed by atoms with E-state index in [2.05, 4.69) is 4.99 Å². The first kappa shape index (κ1) is 15.4. The first-order valence-electron chi connectivity index (χ1n) is 6.24. The number of hydrogen-bond donors (Lipinski definition) is 2. The number of carbonyl (C=O) groups excluding carboxylic acids is 2. The van der Waals surface area contributed by atoms with Gasteiger partial charge in [-0.05, 0) is 25.3 Å². The molecule has 0 aromatic carbocycles. The van der Waals surface area contributed by atoms with Gasteiger partial charge in [0.15, 0.2) is 11.7 Å². The van der Waals surface area contributed by atoms with Gasteiger partial charge in [0.25, 0.3) is 0 Å². The van der Waals surface area contributed by atoms with E-state index >= 15 is 0 Å². The van der Waals surface area contributed by atoms with Crippen molar-refractivity contribution in [2.45, 2.75) is 31.3 Å². The van der Waals surface area contributed by atoms with Gasteiger partial charge in [-0.25, -0.2) is 5.01 Å². The fraction of sp³-hybridized carbons (Fsp3) is 0.727. The number of amides is 1. The average molecular weight is 529 g/mol. The molecule has 8 nitrogen and oxygen atoms in total. The van der Waals surface area contributed by atoms with Gasteiger partial charge in [-0.1, -0.05) is 0 Å². The maximum Gasteiger partial charge on any atom is 0.224 e. The van der Waals surface area contributed by atoms with E-state index in [0.29, 0.717) is 19.5 Å². The molecule has 0 aromatic heterocycles. The molecule has 2 aliphatic rings. The maximum absolute atomic E-state index is 12.3. The van der Waals surface area contributed by atoms with Crippen molar-refractivity contribution in [2.24, 2.45) is 16.5 Å². The van der Waals surface area contributed by atoms with Crippen LogP contribution in [-0.4, -0.2) is 58.9 Å². The Morgan fingerprint density at radius 3 is 2.75 bits per heavy atom. The zero-order chi connectivity index (χ0) is 14.2. The van der Waals surface area contributed by atoms with Gasteiger partial charge in [0.1, 0.15) is 6.04 Å². The quantitative estimate of drug-likeness (QED) is 0.352. The van der Waals surface area contributed by atoms with Crippen molar-refractivity contribution in [1.82, 2.24) is 10.0 Å². The Balaban J connectivity index is 0.00000200. The third-order valence-electron chi connectivity index (χ3n) is 3.63. The number of fused-ring (bicyclic) bond motifs is 1. The normalized spacial score (nSPS) is 29.0. The summed E-state index contributed by atoms with van der Waals surface area (Å²) < 4.78 is 0. The summed E-state index contributed by atoms with van der Waals surface area (Å²) in [4.78, 5) is 27.7. The molecule has 121 valence electrons. The van der Waals surface area contributed by atoms with Crippen LogP contribution in [0.1, 0.15) is 19.8 Å². The number of carbonyl (C=O) groups is 2. The van der Waals surface area contributed by atoms with Crippen molar-refractivity contribution in [2.75, 3.05) is 19.6 Å². The van der Waals surface area contributed by atoms with Crippen LogP contribution in [0.15, 0.2) is 4.99 Å². The molecule has 2 unspecified atom stereocenters. The summed E-state index contributed by atoms with van der Waals surface area (Å²) in [5, 5.41) is 3.24. The summed E-state index contributed by atoms with van der Waals surface area (Å²) in [7, 11) is 0. The smallest absolute Gasteiger partial charge is 0.224 e. The molecule has 2 aliphatic heterocycles. The summed E-state index contributed by atoms with van der Waals surface area (Å²) in [6.45, 7) is 2.66. The van der Waals surface area contributed by atoms with E-state index in [1.54, 1.807) is 5.01 Å². The molecule has 2 atom stereocenters. The Labute approximate surface area is 111 Å². The second kappa shape index (κ2) is 5.14. The maximum atomic E-state index is 12.3. The number of rotatable bonds is 4. The molecular weight excluding hydrogens is 510 g/mol. The molecule has 0 aliphatic carbocycles. The molecule has 0 spiro atoms. The van der Waals surface area contributed by atoms with E-state index in [1.165, 1.54) is 11.9 Å². The van der Waals surface area contributed by atoms with Gasteiger partial charge < -0.3 is 17.2 Å². The van der Waals surface area contributed by atoms with Crippen molar-refractivity contribution in [3.8, 4) is 0 Å². The van der Waals surface area contributed by atoms with Gasteiger partial charge in [-0.2, -0.15) is 0 Å². The van der Waals surface area contributed by atoms with Crippen molar-refractivity contribution in [3.05, 3.63) is 5.73 Å². The van der Waals surface area contributed by atoms with Crippen LogP contribution in [0.5, 0.6) is 0 Å². The minimum Gasteiger partial charge on any atom is -0.663 e. The topological polar surface area (TPSA) is 129 Å². The fourth-order valence-corrected chi connectivity index (χ4v) is 2.66. The molecule has 1 amide bonds. The third-order valence-corrected chi connectivity index (χ3v) is 3.63. The van der Waals surface area contributed by atoms with E-state index in [4.69, 9.17) is 17.2 Å². The van der Waals surface area contributed by atoms with Crippen molar-refractivity contribution in [1.29, 1.82) is 0 Å². The van der Waals surface area contributed by atoms with Crippen LogP contribution in [-0.2, 0) is 9.59 Å². The fourth-order valence-electron chi connectivity index (χ4n) is 2.66. The van der Waals surface area contributed by atoms with Gasteiger partial charge in [-0.15, -0.1) is 0 Å². The molecular formula is C11H19LrN6O2-. The summed E-state index contributed by atoms with van der Waals surface area (Å²) in [6.07, 6.45) is 0.895. The number of ketones is 1. The number of hydrogen-bond acceptors (Lipinski definition) is 4. The average Bonchev–Trinajstić information content (AvgIpc) is 2.79. The van der Waals surface area contributed by atoms with Crippen molar-refractivity contribution in [3.63, 3.8) is 0 Å². The number of Topliss-reactive ketones (excluding diaryl/α,β-unsaturated/α-hetero) is 1. The number of nitrogens with one attached hydrogen (secondary N) is 1. The van der Waals surface area contributed by atoms with Crippen LogP contribution < -0.4 is 11.5 Å². The second-order valence-electron chi connectivity index (χ2n) is 5.09. The SMILES string of the molecule is CC(=O)C1CCN2CC([NH-])(CCN=C(N)N)C(=O)N12.[Lr]. The molecule has 9 heteroatoms. The first-order chi connectivity index (χ1) is 8.85. The van der Waals surface area contributed by atoms with Gasteiger partial charge in [0.05, 0.1) is 0 Å². The zero-order valence-electron chi connectivity index (χ0n) is 11.2. The van der Waals surface area contributed by atoms with Gasteiger partial charge in [-0.3, -0.25) is 19.6 Å². The summed E-state index contributed by atoms with van der Waals surface area (Å²) in [6, 6.07) is -0.414. The van der Waals surface area contributed by atoms with E-state index < -0.39 is 11.6 Å². The minimum atomic E-state index is -1.26. The van der Waals surface area contributed by atoms with Crippen molar-refractivity contribution >= 4 is 17.6 Å². The Kier molecular flexibility index (Phi) is 3.95. The van der Waals surface area contributed by atoms with E-state index in [0.717, 1.165) is 0 Å². The molecule has 2 fully saturated rings. The van der Waals surface area contributed by atoms with Crippen LogP contribution in [0.3, 0.4) is 0 Å². The Hall–Kier alpha value is -2.67. The molecule has 5 N–H and O–H groups in total. The summed E-state index contributed by atoms with van der Waals surface area (Å²) >= 11 is 0. The predicted molar refractivity (Wildman–Crippen MR) is 69.9 cm³/mol. The van der Waals surface area contributed by atoms with Crippen LogP contribution in [0.4, 0.5) is 0 Å². The van der Waals surface area contributed by atoms with Gasteiger partial charge >= 0.3 is 0 Å². The van der Waals surface area contributed by atoms with Gasteiger partial charge in [0, 0.05) is 19.6 Å². The molecule has 2 saturated heterocycles. The molecule has 0 aromatic rings. The van der Waals surface area contributed by atoms with E-state index in [1.807, 2.05) is 0 Å². The standard InChI is InChI=1S/C11H19N6O2.Lr/c1-7(18)8-2-5-16-6-11(14,9(19)17(8)16)3-4-15-10(12)13;/h8,14H,2-6H2,1H3,(H4,12,13,15);/q-1;. The Bertz CT molecular complexity index is 439. The molecule has 20 heavy (non-hydrogen) atoms. The first-order valence-corrected chi connectivity index (χ1v) is 6.24. The molecule has 1 radical (unpaired) electrons. The second-order valence-corrected chi connectivity index (χ2v) is 5.09. The van der Waals surface area contributed by atoms with Crippen LogP contribution in [0.25, 0.3) is 5.73 Å². The monoisotopic (exact) mass is 529 g/mol. The number of nitrogens with two attached hydrogens (primary N) is 2. The van der Waals surface area contributed by atoms with Crippen molar-refractivity contribution < 1.29 is 9.59 Å². The summed E-state index contributed by atoms with van der Waals surface area (Å²) in [5.74, 6) is -0.406. The van der Waals surface area contributed by atoms with Gasteiger partial charge in [0.2, 0.25) is 5.91 Å². The number of nitrogens with zero attached hydrogens (tertiary/aromatic N) is 3. The Morgan fingerprint density at radius 2 is 2.20 bits per heavy atom. The Morgan fingerprint density at radius 1 is 1.55 bits per heavy atom. The zero-order valence-corrected chi connectivity index (χ0v) is 13.3. The molecule has 2 rings (SSSR count). The third kappa shape index (κ3) is 2.39. The largest absolute Gasteiger partial charge is 0.663 e. The van der Waals surface area contributed by atoms with Crippen LogP contribution in [0.2, 0.25) is 0 Å². The minimum absolute atomic E-state index is 0. The molecule has 2 heterocycles. The number of aliphatic imine (C=N–C) groups is 1. The summed E-state index contributed by atoms with van der Waals surface area (Å²) in [5.41, 5.74) is 17.5. The van der Waals surface area contributed by atoms with E-state index in [-0.39, 0.29) is 30.6 Å². The number of guanidine groups is 1. The number of hydrazine groups is 1.